The van der Waals surface area contributed by atoms with Crippen LogP contribution >= 0.6 is 11.6 Å². The SMILES string of the molecule is Cc1[nH]nc(CN2CCCCC2c2ccc(CN(C)C)cc2)c1Cl. The van der Waals surface area contributed by atoms with Gasteiger partial charge in [-0.3, -0.25) is 10.00 Å². The van der Waals surface area contributed by atoms with E-state index in [4.69, 9.17) is 11.6 Å². The third-order valence-corrected chi connectivity index (χ3v) is 5.27. The first-order chi connectivity index (χ1) is 11.5. The maximum absolute atomic E-state index is 6.37. The molecule has 0 bridgehead atoms. The van der Waals surface area contributed by atoms with Crippen molar-refractivity contribution in [3.63, 3.8) is 0 Å². The first-order valence-electron chi connectivity index (χ1n) is 8.71. The number of rotatable bonds is 5. The number of nitrogens with one attached hydrogen (secondary N) is 1. The fraction of sp³-hybridized carbons (Fsp3) is 0.526. The van der Waals surface area contributed by atoms with E-state index in [9.17, 15) is 0 Å². The van der Waals surface area contributed by atoms with E-state index in [1.165, 1.54) is 30.4 Å². The Bertz CT molecular complexity index is 663. The molecule has 1 fully saturated rings. The van der Waals surface area contributed by atoms with Crippen LogP contribution in [0.4, 0.5) is 0 Å². The molecule has 1 aliphatic heterocycles. The molecule has 0 radical (unpaired) electrons. The van der Waals surface area contributed by atoms with Gasteiger partial charge < -0.3 is 4.90 Å². The lowest BCUT2D eigenvalue weighted by molar-refractivity contribution is 0.138. The predicted octanol–water partition coefficient (Wildman–Crippen LogP) is 4.16. The number of aromatic amines is 1. The number of hydrogen-bond donors (Lipinski definition) is 1. The fourth-order valence-electron chi connectivity index (χ4n) is 3.53. The molecule has 0 spiro atoms. The fourth-order valence-corrected chi connectivity index (χ4v) is 3.68. The molecule has 1 atom stereocenters. The molecule has 2 aromatic rings. The molecule has 1 aromatic heterocycles. The highest BCUT2D eigenvalue weighted by Crippen LogP contribution is 2.33. The molecule has 3 rings (SSSR count). The van der Waals surface area contributed by atoms with E-state index in [0.717, 1.165) is 36.0 Å². The molecular weight excluding hydrogens is 320 g/mol. The third-order valence-electron chi connectivity index (χ3n) is 4.77. The van der Waals surface area contributed by atoms with Gasteiger partial charge in [0.15, 0.2) is 0 Å². The standard InChI is InChI=1S/C19H27ClN4/c1-14-19(20)17(22-21-14)13-24-11-5-4-6-18(24)16-9-7-15(8-10-16)12-23(2)3/h7-10,18H,4-6,11-13H2,1-3H3,(H,21,22). The molecule has 0 saturated carbocycles. The van der Waals surface area contributed by atoms with Crippen LogP contribution in [0.3, 0.4) is 0 Å². The van der Waals surface area contributed by atoms with Crippen LogP contribution in [0.5, 0.6) is 0 Å². The highest BCUT2D eigenvalue weighted by atomic mass is 35.5. The summed E-state index contributed by atoms with van der Waals surface area (Å²) < 4.78 is 0. The summed E-state index contributed by atoms with van der Waals surface area (Å²) in [5, 5.41) is 8.15. The topological polar surface area (TPSA) is 35.2 Å². The van der Waals surface area contributed by atoms with Crippen LogP contribution in [0.15, 0.2) is 24.3 Å². The number of aryl methyl sites for hydroxylation is 1. The highest BCUT2D eigenvalue weighted by molar-refractivity contribution is 6.31. The van der Waals surface area contributed by atoms with Crippen LogP contribution in [0.1, 0.15) is 47.8 Å². The summed E-state index contributed by atoms with van der Waals surface area (Å²) >= 11 is 6.37. The van der Waals surface area contributed by atoms with Crippen molar-refractivity contribution in [1.29, 1.82) is 0 Å². The molecule has 1 N–H and O–H groups in total. The third kappa shape index (κ3) is 4.00. The summed E-state index contributed by atoms with van der Waals surface area (Å²) in [4.78, 5) is 4.72. The molecule has 0 amide bonds. The van der Waals surface area contributed by atoms with E-state index in [1.54, 1.807) is 0 Å². The minimum absolute atomic E-state index is 0.459. The molecule has 130 valence electrons. The number of halogens is 1. The zero-order valence-corrected chi connectivity index (χ0v) is 15.6. The first kappa shape index (κ1) is 17.5. The zero-order valence-electron chi connectivity index (χ0n) is 14.8. The van der Waals surface area contributed by atoms with E-state index in [0.29, 0.717) is 6.04 Å². The smallest absolute Gasteiger partial charge is 0.0951 e. The van der Waals surface area contributed by atoms with Crippen molar-refractivity contribution in [3.05, 3.63) is 51.8 Å². The summed E-state index contributed by atoms with van der Waals surface area (Å²) in [7, 11) is 4.21. The van der Waals surface area contributed by atoms with Crippen LogP contribution in [-0.2, 0) is 13.1 Å². The van der Waals surface area contributed by atoms with Crippen molar-refractivity contribution in [2.45, 2.75) is 45.3 Å². The van der Waals surface area contributed by atoms with Crippen molar-refractivity contribution in [2.75, 3.05) is 20.6 Å². The lowest BCUT2D eigenvalue weighted by Gasteiger charge is -2.35. The Labute approximate surface area is 149 Å². The van der Waals surface area contributed by atoms with Gasteiger partial charge in [0.2, 0.25) is 0 Å². The first-order valence-corrected chi connectivity index (χ1v) is 9.09. The Kier molecular flexibility index (Phi) is 5.59. The second kappa shape index (κ2) is 7.68. The molecule has 1 saturated heterocycles. The van der Waals surface area contributed by atoms with Crippen molar-refractivity contribution in [3.8, 4) is 0 Å². The van der Waals surface area contributed by atoms with Crippen LogP contribution < -0.4 is 0 Å². The maximum atomic E-state index is 6.37. The van der Waals surface area contributed by atoms with Gasteiger partial charge in [0.1, 0.15) is 0 Å². The lowest BCUT2D eigenvalue weighted by atomic mass is 9.94. The van der Waals surface area contributed by atoms with E-state index >= 15 is 0 Å². The Morgan fingerprint density at radius 3 is 2.62 bits per heavy atom. The molecule has 1 aromatic carbocycles. The predicted molar refractivity (Wildman–Crippen MR) is 99.2 cm³/mol. The molecule has 24 heavy (non-hydrogen) atoms. The summed E-state index contributed by atoms with van der Waals surface area (Å²) in [6, 6.07) is 9.56. The average molecular weight is 347 g/mol. The number of likely N-dealkylation sites (tertiary alicyclic amines) is 1. The zero-order chi connectivity index (χ0) is 17.1. The lowest BCUT2D eigenvalue weighted by Crippen LogP contribution is -2.33. The molecule has 4 nitrogen and oxygen atoms in total. The monoisotopic (exact) mass is 346 g/mol. The Morgan fingerprint density at radius 1 is 1.25 bits per heavy atom. The molecule has 5 heteroatoms. The number of benzene rings is 1. The van der Waals surface area contributed by atoms with Crippen LogP contribution in [-0.4, -0.2) is 40.6 Å². The minimum Gasteiger partial charge on any atom is -0.305 e. The van der Waals surface area contributed by atoms with Gasteiger partial charge in [0.25, 0.3) is 0 Å². The van der Waals surface area contributed by atoms with Crippen LogP contribution in [0.25, 0.3) is 0 Å². The number of hydrogen-bond acceptors (Lipinski definition) is 3. The van der Waals surface area contributed by atoms with Gasteiger partial charge in [-0.15, -0.1) is 0 Å². The normalized spacial score (nSPS) is 19.1. The maximum Gasteiger partial charge on any atom is 0.0951 e. The number of H-pyrrole nitrogens is 1. The van der Waals surface area contributed by atoms with Gasteiger partial charge in [-0.05, 0) is 51.5 Å². The Hall–Kier alpha value is -1.36. The van der Waals surface area contributed by atoms with Gasteiger partial charge in [0.05, 0.1) is 16.4 Å². The summed E-state index contributed by atoms with van der Waals surface area (Å²) in [5.41, 5.74) is 4.68. The Morgan fingerprint density at radius 2 is 2.00 bits per heavy atom. The van der Waals surface area contributed by atoms with Crippen LogP contribution in [0.2, 0.25) is 5.02 Å². The Balaban J connectivity index is 1.75. The average Bonchev–Trinajstić information content (AvgIpc) is 2.88. The molecular formula is C19H27ClN4. The van der Waals surface area contributed by atoms with Gasteiger partial charge in [-0.25, -0.2) is 0 Å². The number of piperidine rings is 1. The highest BCUT2D eigenvalue weighted by Gasteiger charge is 2.25. The number of nitrogens with zero attached hydrogens (tertiary/aromatic N) is 3. The second-order valence-corrected chi connectivity index (χ2v) is 7.45. The van der Waals surface area contributed by atoms with E-state index in [1.807, 2.05) is 6.92 Å². The van der Waals surface area contributed by atoms with Crippen molar-refractivity contribution in [2.24, 2.45) is 0 Å². The second-order valence-electron chi connectivity index (χ2n) is 7.07. The van der Waals surface area contributed by atoms with Gasteiger partial charge >= 0.3 is 0 Å². The van der Waals surface area contributed by atoms with Crippen LogP contribution in [0, 0.1) is 6.92 Å². The van der Waals surface area contributed by atoms with Gasteiger partial charge in [0, 0.05) is 19.1 Å². The van der Waals surface area contributed by atoms with Gasteiger partial charge in [-0.1, -0.05) is 42.3 Å². The molecule has 1 aliphatic rings. The van der Waals surface area contributed by atoms with E-state index in [2.05, 4.69) is 58.4 Å². The molecule has 0 aliphatic carbocycles. The van der Waals surface area contributed by atoms with Crippen molar-refractivity contribution >= 4 is 11.6 Å². The van der Waals surface area contributed by atoms with E-state index < -0.39 is 0 Å². The number of aromatic nitrogens is 2. The minimum atomic E-state index is 0.459. The quantitative estimate of drug-likeness (QED) is 0.882. The molecule has 2 heterocycles. The summed E-state index contributed by atoms with van der Waals surface area (Å²) in [6.07, 6.45) is 3.73. The van der Waals surface area contributed by atoms with Crippen molar-refractivity contribution < 1.29 is 0 Å². The molecule has 1 unspecified atom stereocenters. The van der Waals surface area contributed by atoms with Gasteiger partial charge in [-0.2, -0.15) is 5.10 Å². The summed E-state index contributed by atoms with van der Waals surface area (Å²) in [5.74, 6) is 0. The summed E-state index contributed by atoms with van der Waals surface area (Å²) in [6.45, 7) is 4.87. The van der Waals surface area contributed by atoms with Crippen molar-refractivity contribution in [1.82, 2.24) is 20.0 Å². The van der Waals surface area contributed by atoms with E-state index in [-0.39, 0.29) is 0 Å². The largest absolute Gasteiger partial charge is 0.305 e.